The molecule has 0 spiro atoms. The molecule has 0 radical (unpaired) electrons. The molecular formula is C29H22Br2ClNO5S. The van der Waals surface area contributed by atoms with Crippen LogP contribution in [0.4, 0.5) is 0 Å². The normalized spacial score (nSPS) is 15.2. The van der Waals surface area contributed by atoms with E-state index < -0.39 is 11.9 Å². The van der Waals surface area contributed by atoms with Crippen LogP contribution in [-0.4, -0.2) is 28.6 Å². The highest BCUT2D eigenvalue weighted by Gasteiger charge is 2.34. The first-order valence-corrected chi connectivity index (χ1v) is 14.5. The lowest BCUT2D eigenvalue weighted by Gasteiger charge is -2.12. The quantitative estimate of drug-likeness (QED) is 0.251. The first kappa shape index (κ1) is 29.1. The van der Waals surface area contributed by atoms with E-state index in [-0.39, 0.29) is 33.6 Å². The predicted molar refractivity (Wildman–Crippen MR) is 162 cm³/mol. The Hall–Kier alpha value is -2.85. The third-order valence-corrected chi connectivity index (χ3v) is 8.03. The fraction of sp³-hybridized carbons (Fsp3) is 0.138. The summed E-state index contributed by atoms with van der Waals surface area (Å²) in [5.74, 6) is -1.12. The number of carbonyl (C=O) groups excluding carboxylic acids is 2. The number of hydrogen-bond donors (Lipinski definition) is 1. The molecule has 39 heavy (non-hydrogen) atoms. The zero-order chi connectivity index (χ0) is 28.1. The number of aliphatic imine (C=N–C) groups is 1. The first-order chi connectivity index (χ1) is 18.7. The number of aliphatic hydroxyl groups is 1. The van der Waals surface area contributed by atoms with Crippen LogP contribution in [-0.2, 0) is 16.1 Å². The number of halogens is 3. The summed E-state index contributed by atoms with van der Waals surface area (Å²) in [6.07, 6.45) is 1.68. The second-order valence-electron chi connectivity index (χ2n) is 8.34. The summed E-state index contributed by atoms with van der Waals surface area (Å²) in [4.78, 5) is 29.9. The van der Waals surface area contributed by atoms with Gasteiger partial charge in [0.2, 0.25) is 0 Å². The molecule has 0 fully saturated rings. The van der Waals surface area contributed by atoms with Crippen molar-refractivity contribution < 1.29 is 24.2 Å². The van der Waals surface area contributed by atoms with E-state index in [9.17, 15) is 14.7 Å². The number of amides is 1. The lowest BCUT2D eigenvalue weighted by molar-refractivity contribution is -0.138. The summed E-state index contributed by atoms with van der Waals surface area (Å²) in [5, 5.41) is 11.2. The van der Waals surface area contributed by atoms with Gasteiger partial charge >= 0.3 is 5.97 Å². The topological polar surface area (TPSA) is 85.2 Å². The van der Waals surface area contributed by atoms with Gasteiger partial charge in [-0.3, -0.25) is 4.79 Å². The van der Waals surface area contributed by atoms with E-state index in [0.29, 0.717) is 31.8 Å². The maximum Gasteiger partial charge on any atom is 0.344 e. The van der Waals surface area contributed by atoms with Crippen LogP contribution in [0.15, 0.2) is 90.8 Å². The molecule has 4 rings (SSSR count). The van der Waals surface area contributed by atoms with Gasteiger partial charge in [0, 0.05) is 0 Å². The molecule has 1 amide bonds. The van der Waals surface area contributed by atoms with Crippen LogP contribution in [0.3, 0.4) is 0 Å². The number of carbonyl (C=O) groups is 2. The number of esters is 1. The highest BCUT2D eigenvalue weighted by Crippen LogP contribution is 2.41. The Kier molecular flexibility index (Phi) is 9.71. The zero-order valence-corrected chi connectivity index (χ0v) is 25.6. The second-order valence-corrected chi connectivity index (χ2v) is 11.5. The van der Waals surface area contributed by atoms with Gasteiger partial charge in [-0.1, -0.05) is 65.3 Å². The van der Waals surface area contributed by atoms with Gasteiger partial charge in [-0.15, -0.1) is 0 Å². The standard InChI is InChI=1S/C29H22Br2ClNO5S/c1-3-37-29(36)24-25(34)23(39-28(24)33-27(35)19-6-4-5-7-22(19)32)14-18-12-20(30)26(21(31)13-18)38-15-17-10-8-16(2)9-11-17/h4-14,34H,3,15H2,1-2H3/b23-14-,33-28?. The zero-order valence-electron chi connectivity index (χ0n) is 20.8. The van der Waals surface area contributed by atoms with Crippen LogP contribution in [0.1, 0.15) is 34.0 Å². The average molecular weight is 692 g/mol. The molecule has 0 saturated heterocycles. The Morgan fingerprint density at radius 3 is 2.38 bits per heavy atom. The average Bonchev–Trinajstić information content (AvgIpc) is 3.19. The SMILES string of the molecule is CCOC(=O)C1=C(O)/C(=C/c2cc(Br)c(OCc3ccc(C)cc3)c(Br)c2)SC1=NC(=O)c1ccccc1Cl. The van der Waals surface area contributed by atoms with E-state index in [0.717, 1.165) is 17.3 Å². The molecule has 3 aromatic rings. The number of rotatable bonds is 7. The van der Waals surface area contributed by atoms with E-state index in [1.807, 2.05) is 43.3 Å². The van der Waals surface area contributed by atoms with Crippen molar-refractivity contribution in [2.24, 2.45) is 4.99 Å². The van der Waals surface area contributed by atoms with Gasteiger partial charge in [0.05, 0.1) is 31.0 Å². The monoisotopic (exact) mass is 689 g/mol. The first-order valence-electron chi connectivity index (χ1n) is 11.7. The van der Waals surface area contributed by atoms with Crippen molar-refractivity contribution in [1.82, 2.24) is 0 Å². The third kappa shape index (κ3) is 7.03. The van der Waals surface area contributed by atoms with E-state index in [1.165, 1.54) is 11.6 Å². The molecule has 0 aliphatic carbocycles. The van der Waals surface area contributed by atoms with E-state index in [2.05, 4.69) is 36.9 Å². The smallest absolute Gasteiger partial charge is 0.344 e. The Morgan fingerprint density at radius 1 is 1.08 bits per heavy atom. The van der Waals surface area contributed by atoms with Gasteiger partial charge in [-0.05, 0) is 87.2 Å². The number of ether oxygens (including phenoxy) is 2. The Morgan fingerprint density at radius 2 is 1.74 bits per heavy atom. The van der Waals surface area contributed by atoms with Gasteiger partial charge in [-0.25, -0.2) is 9.79 Å². The van der Waals surface area contributed by atoms with Crippen LogP contribution in [0.5, 0.6) is 5.75 Å². The van der Waals surface area contributed by atoms with Crippen LogP contribution < -0.4 is 4.74 Å². The summed E-state index contributed by atoms with van der Waals surface area (Å²) < 4.78 is 12.5. The van der Waals surface area contributed by atoms with Crippen molar-refractivity contribution >= 4 is 78.2 Å². The van der Waals surface area contributed by atoms with E-state index >= 15 is 0 Å². The summed E-state index contributed by atoms with van der Waals surface area (Å²) in [7, 11) is 0. The molecule has 3 aromatic carbocycles. The molecule has 1 aliphatic rings. The number of hydrogen-bond acceptors (Lipinski definition) is 6. The molecule has 0 unspecified atom stereocenters. The maximum atomic E-state index is 12.8. The molecular weight excluding hydrogens is 670 g/mol. The molecule has 0 bridgehead atoms. The molecule has 0 aromatic heterocycles. The minimum absolute atomic E-state index is 0.0262. The molecule has 10 heteroatoms. The fourth-order valence-corrected chi connectivity index (χ4v) is 6.25. The molecule has 0 saturated carbocycles. The molecule has 6 nitrogen and oxygen atoms in total. The highest BCUT2D eigenvalue weighted by molar-refractivity contribution is 9.11. The largest absolute Gasteiger partial charge is 0.506 e. The summed E-state index contributed by atoms with van der Waals surface area (Å²) >= 11 is 14.3. The third-order valence-electron chi connectivity index (χ3n) is 5.50. The number of nitrogens with zero attached hydrogens (tertiary/aromatic N) is 1. The molecule has 1 aliphatic heterocycles. The van der Waals surface area contributed by atoms with Gasteiger partial charge in [-0.2, -0.15) is 0 Å². The Labute approximate surface area is 252 Å². The van der Waals surface area contributed by atoms with Crippen LogP contribution >= 0.6 is 55.2 Å². The Balaban J connectivity index is 1.63. The number of benzene rings is 3. The second kappa shape index (κ2) is 13.0. The van der Waals surface area contributed by atoms with Crippen molar-refractivity contribution in [3.8, 4) is 5.75 Å². The molecule has 0 atom stereocenters. The molecule has 200 valence electrons. The summed E-state index contributed by atoms with van der Waals surface area (Å²) in [6.45, 7) is 4.16. The van der Waals surface area contributed by atoms with Gasteiger partial charge in [0.25, 0.3) is 5.91 Å². The predicted octanol–water partition coefficient (Wildman–Crippen LogP) is 8.45. The van der Waals surface area contributed by atoms with Crippen LogP contribution in [0, 0.1) is 6.92 Å². The minimum Gasteiger partial charge on any atom is -0.506 e. The van der Waals surface area contributed by atoms with Crippen molar-refractivity contribution in [1.29, 1.82) is 0 Å². The maximum absolute atomic E-state index is 12.8. The number of aliphatic hydroxyl groups excluding tert-OH is 1. The van der Waals surface area contributed by atoms with Crippen molar-refractivity contribution in [2.45, 2.75) is 20.5 Å². The number of aryl methyl sites for hydroxylation is 1. The van der Waals surface area contributed by atoms with Crippen LogP contribution in [0.2, 0.25) is 5.02 Å². The van der Waals surface area contributed by atoms with Crippen LogP contribution in [0.25, 0.3) is 6.08 Å². The van der Waals surface area contributed by atoms with Gasteiger partial charge in [0.15, 0.2) is 0 Å². The minimum atomic E-state index is -0.779. The lowest BCUT2D eigenvalue weighted by atomic mass is 10.1. The fourth-order valence-electron chi connectivity index (χ4n) is 3.57. The lowest BCUT2D eigenvalue weighted by Crippen LogP contribution is -2.14. The molecule has 1 N–H and O–H groups in total. The van der Waals surface area contributed by atoms with E-state index in [4.69, 9.17) is 21.1 Å². The molecule has 1 heterocycles. The van der Waals surface area contributed by atoms with Gasteiger partial charge < -0.3 is 14.6 Å². The Bertz CT molecular complexity index is 1510. The number of thioether (sulfide) groups is 1. The van der Waals surface area contributed by atoms with Gasteiger partial charge in [0.1, 0.15) is 28.7 Å². The summed E-state index contributed by atoms with van der Waals surface area (Å²) in [6, 6.07) is 18.2. The van der Waals surface area contributed by atoms with Crippen molar-refractivity contribution in [3.05, 3.63) is 113 Å². The highest BCUT2D eigenvalue weighted by atomic mass is 79.9. The van der Waals surface area contributed by atoms with E-state index in [1.54, 1.807) is 31.2 Å². The summed E-state index contributed by atoms with van der Waals surface area (Å²) in [5.41, 5.74) is 2.92. The van der Waals surface area contributed by atoms with Crippen molar-refractivity contribution in [3.63, 3.8) is 0 Å². The van der Waals surface area contributed by atoms with Crippen molar-refractivity contribution in [2.75, 3.05) is 6.61 Å².